The molecule has 0 saturated carbocycles. The Kier molecular flexibility index (Phi) is 4.56. The van der Waals surface area contributed by atoms with Crippen molar-refractivity contribution >= 4 is 22.6 Å². The van der Waals surface area contributed by atoms with Crippen molar-refractivity contribution in [3.8, 4) is 0 Å². The van der Waals surface area contributed by atoms with Crippen LogP contribution in [0.3, 0.4) is 0 Å². The van der Waals surface area contributed by atoms with Gasteiger partial charge in [-0.2, -0.15) is 0 Å². The Hall–Kier alpha value is -2.53. The van der Waals surface area contributed by atoms with Crippen molar-refractivity contribution in [3.05, 3.63) is 54.2 Å². The maximum atomic E-state index is 12.2. The third-order valence-corrected chi connectivity index (χ3v) is 5.49. The number of carbonyl (C=O) groups excluding carboxylic acids is 1. The first kappa shape index (κ1) is 17.9. The number of furan rings is 2. The zero-order chi connectivity index (χ0) is 19.0. The number of hydrogen-bond donors (Lipinski definition) is 1. The van der Waals surface area contributed by atoms with Crippen molar-refractivity contribution in [2.24, 2.45) is 0 Å². The maximum absolute atomic E-state index is 12.2. The molecule has 1 aliphatic rings. The van der Waals surface area contributed by atoms with E-state index < -0.39 is 0 Å². The highest BCUT2D eigenvalue weighted by atomic mass is 16.3. The van der Waals surface area contributed by atoms with Gasteiger partial charge in [-0.25, -0.2) is 0 Å². The van der Waals surface area contributed by atoms with Crippen molar-refractivity contribution < 1.29 is 13.6 Å². The molecule has 0 atom stereocenters. The number of anilines is 1. The number of piperidine rings is 1. The van der Waals surface area contributed by atoms with E-state index in [0.717, 1.165) is 42.6 Å². The van der Waals surface area contributed by atoms with E-state index in [-0.39, 0.29) is 11.4 Å². The number of benzene rings is 1. The monoisotopic (exact) mass is 366 g/mol. The molecule has 1 aromatic carbocycles. The summed E-state index contributed by atoms with van der Waals surface area (Å²) in [6.45, 7) is 9.00. The van der Waals surface area contributed by atoms with Gasteiger partial charge in [0.1, 0.15) is 5.58 Å². The summed E-state index contributed by atoms with van der Waals surface area (Å²) in [6, 6.07) is 9.14. The highest BCUT2D eigenvalue weighted by Gasteiger charge is 2.29. The number of likely N-dealkylation sites (tertiary alicyclic amines) is 1. The van der Waals surface area contributed by atoms with Crippen LogP contribution in [0.25, 0.3) is 11.0 Å². The highest BCUT2D eigenvalue weighted by Crippen LogP contribution is 2.37. The molecule has 5 nitrogen and oxygen atoms in total. The lowest BCUT2D eigenvalue weighted by Crippen LogP contribution is -2.45. The number of rotatable bonds is 3. The standard InChI is InChI=1S/C22H26N2O3/c1-22(2,3)24-10-8-15(9-11-24)18-14-27-19-7-6-16(13-17(18)19)23-21(25)20-5-4-12-26-20/h4-7,12-15H,8-11H2,1-3H3,(H,23,25). The predicted molar refractivity (Wildman–Crippen MR) is 106 cm³/mol. The molecular formula is C22H26N2O3. The van der Waals surface area contributed by atoms with E-state index in [1.807, 2.05) is 24.5 Å². The molecular weight excluding hydrogens is 340 g/mol. The van der Waals surface area contributed by atoms with Gasteiger partial charge in [0.05, 0.1) is 12.5 Å². The average molecular weight is 366 g/mol. The van der Waals surface area contributed by atoms with Crippen LogP contribution in [0.15, 0.2) is 51.7 Å². The summed E-state index contributed by atoms with van der Waals surface area (Å²) >= 11 is 0. The molecule has 0 unspecified atom stereocenters. The van der Waals surface area contributed by atoms with Crippen LogP contribution < -0.4 is 5.32 Å². The Morgan fingerprint density at radius 3 is 2.59 bits per heavy atom. The molecule has 1 aliphatic heterocycles. The fourth-order valence-electron chi connectivity index (χ4n) is 3.90. The quantitative estimate of drug-likeness (QED) is 0.687. The second-order valence-corrected chi connectivity index (χ2v) is 8.27. The molecule has 5 heteroatoms. The van der Waals surface area contributed by atoms with E-state index in [0.29, 0.717) is 11.7 Å². The number of fused-ring (bicyclic) bond motifs is 1. The van der Waals surface area contributed by atoms with Crippen molar-refractivity contribution in [2.75, 3.05) is 18.4 Å². The van der Waals surface area contributed by atoms with E-state index in [4.69, 9.17) is 8.83 Å². The number of amides is 1. The molecule has 1 saturated heterocycles. The predicted octanol–water partition coefficient (Wildman–Crippen LogP) is 5.26. The number of carbonyl (C=O) groups is 1. The van der Waals surface area contributed by atoms with Gasteiger partial charge < -0.3 is 14.2 Å². The highest BCUT2D eigenvalue weighted by molar-refractivity contribution is 6.03. The van der Waals surface area contributed by atoms with Crippen molar-refractivity contribution in [1.82, 2.24) is 4.90 Å². The Bertz CT molecular complexity index is 926. The minimum absolute atomic E-state index is 0.215. The summed E-state index contributed by atoms with van der Waals surface area (Å²) in [4.78, 5) is 14.8. The molecule has 3 aromatic rings. The van der Waals surface area contributed by atoms with Crippen LogP contribution in [0.4, 0.5) is 5.69 Å². The van der Waals surface area contributed by atoms with Crippen LogP contribution in [-0.2, 0) is 0 Å². The summed E-state index contributed by atoms with van der Waals surface area (Å²) in [7, 11) is 0. The van der Waals surface area contributed by atoms with Crippen LogP contribution in [0, 0.1) is 0 Å². The first-order chi connectivity index (χ1) is 12.9. The minimum Gasteiger partial charge on any atom is -0.464 e. The van der Waals surface area contributed by atoms with E-state index in [1.165, 1.54) is 11.8 Å². The first-order valence-corrected chi connectivity index (χ1v) is 9.53. The van der Waals surface area contributed by atoms with Gasteiger partial charge >= 0.3 is 0 Å². The fraction of sp³-hybridized carbons (Fsp3) is 0.409. The summed E-state index contributed by atoms with van der Waals surface area (Å²) in [5.41, 5.74) is 3.07. The summed E-state index contributed by atoms with van der Waals surface area (Å²) in [5.74, 6) is 0.542. The lowest BCUT2D eigenvalue weighted by molar-refractivity contribution is 0.0996. The molecule has 1 N–H and O–H groups in total. The van der Waals surface area contributed by atoms with E-state index in [2.05, 4.69) is 31.0 Å². The topological polar surface area (TPSA) is 58.6 Å². The third kappa shape index (κ3) is 3.65. The Labute approximate surface area is 159 Å². The zero-order valence-electron chi connectivity index (χ0n) is 16.1. The molecule has 4 rings (SSSR count). The summed E-state index contributed by atoms with van der Waals surface area (Å²) < 4.78 is 10.9. The Morgan fingerprint density at radius 1 is 1.15 bits per heavy atom. The number of hydrogen-bond acceptors (Lipinski definition) is 4. The Balaban J connectivity index is 1.53. The normalized spacial score (nSPS) is 16.7. The lowest BCUT2D eigenvalue weighted by atomic mass is 9.87. The van der Waals surface area contributed by atoms with E-state index in [1.54, 1.807) is 12.1 Å². The molecule has 0 spiro atoms. The molecule has 2 aromatic heterocycles. The van der Waals surface area contributed by atoms with Gasteiger partial charge in [0.15, 0.2) is 5.76 Å². The molecule has 142 valence electrons. The van der Waals surface area contributed by atoms with Crippen LogP contribution in [0.1, 0.15) is 55.6 Å². The summed E-state index contributed by atoms with van der Waals surface area (Å²) in [5, 5.41) is 3.99. The molecule has 0 radical (unpaired) electrons. The molecule has 3 heterocycles. The smallest absolute Gasteiger partial charge is 0.291 e. The van der Waals surface area contributed by atoms with Gasteiger partial charge in [-0.1, -0.05) is 0 Å². The average Bonchev–Trinajstić information content (AvgIpc) is 3.31. The van der Waals surface area contributed by atoms with Crippen LogP contribution >= 0.6 is 0 Å². The van der Waals surface area contributed by atoms with Gasteiger partial charge in [0.2, 0.25) is 0 Å². The second-order valence-electron chi connectivity index (χ2n) is 8.27. The van der Waals surface area contributed by atoms with Crippen LogP contribution in [0.2, 0.25) is 0 Å². The molecule has 1 amide bonds. The Morgan fingerprint density at radius 2 is 1.93 bits per heavy atom. The van der Waals surface area contributed by atoms with Crippen molar-refractivity contribution in [3.63, 3.8) is 0 Å². The third-order valence-electron chi connectivity index (χ3n) is 5.49. The number of nitrogens with one attached hydrogen (secondary N) is 1. The van der Waals surface area contributed by atoms with Gasteiger partial charge in [0.25, 0.3) is 5.91 Å². The zero-order valence-corrected chi connectivity index (χ0v) is 16.1. The minimum atomic E-state index is -0.247. The fourth-order valence-corrected chi connectivity index (χ4v) is 3.90. The lowest BCUT2D eigenvalue weighted by Gasteiger charge is -2.40. The molecule has 27 heavy (non-hydrogen) atoms. The van der Waals surface area contributed by atoms with Crippen molar-refractivity contribution in [2.45, 2.75) is 45.1 Å². The first-order valence-electron chi connectivity index (χ1n) is 9.53. The van der Waals surface area contributed by atoms with Gasteiger partial charge in [-0.05, 0) is 83.0 Å². The molecule has 1 fully saturated rings. The van der Waals surface area contributed by atoms with Gasteiger partial charge in [-0.3, -0.25) is 9.69 Å². The van der Waals surface area contributed by atoms with Gasteiger partial charge in [-0.15, -0.1) is 0 Å². The SMILES string of the molecule is CC(C)(C)N1CCC(c2coc3ccc(NC(=O)c4ccco4)cc23)CC1. The second kappa shape index (κ2) is 6.89. The number of nitrogens with zero attached hydrogens (tertiary/aromatic N) is 1. The maximum Gasteiger partial charge on any atom is 0.291 e. The largest absolute Gasteiger partial charge is 0.464 e. The molecule has 0 bridgehead atoms. The van der Waals surface area contributed by atoms with Crippen LogP contribution in [0.5, 0.6) is 0 Å². The van der Waals surface area contributed by atoms with Crippen LogP contribution in [-0.4, -0.2) is 29.4 Å². The van der Waals surface area contributed by atoms with Gasteiger partial charge in [0, 0.05) is 22.2 Å². The van der Waals surface area contributed by atoms with E-state index in [9.17, 15) is 4.79 Å². The molecule has 0 aliphatic carbocycles. The van der Waals surface area contributed by atoms with Crippen molar-refractivity contribution in [1.29, 1.82) is 0 Å². The van der Waals surface area contributed by atoms with E-state index >= 15 is 0 Å². The summed E-state index contributed by atoms with van der Waals surface area (Å²) in [6.07, 6.45) is 5.63.